The summed E-state index contributed by atoms with van der Waals surface area (Å²) in [6.07, 6.45) is 0.682. The second-order valence-electron chi connectivity index (χ2n) is 8.43. The number of nitrogens with one attached hydrogen (secondary N) is 1. The van der Waals surface area contributed by atoms with Gasteiger partial charge in [0.25, 0.3) is 11.4 Å². The monoisotopic (exact) mass is 515 g/mol. The molecule has 174 valence electrons. The van der Waals surface area contributed by atoms with Crippen molar-refractivity contribution < 1.29 is 9.85 Å². The fourth-order valence-corrected chi connectivity index (χ4v) is 7.32. The van der Waals surface area contributed by atoms with E-state index in [-0.39, 0.29) is 44.8 Å². The van der Waals surface area contributed by atoms with Gasteiger partial charge in [-0.25, -0.2) is 0 Å². The molecular formula is C24H19Cl2N3O4S. The molecule has 2 aliphatic rings. The van der Waals surface area contributed by atoms with Gasteiger partial charge in [0.05, 0.1) is 36.9 Å². The highest BCUT2D eigenvalue weighted by molar-refractivity contribution is 8.00. The van der Waals surface area contributed by atoms with Crippen LogP contribution in [0, 0.1) is 26.1 Å². The summed E-state index contributed by atoms with van der Waals surface area (Å²) in [5.41, 5.74) is 2.65. The maximum Gasteiger partial charge on any atom is 0.282 e. The Balaban J connectivity index is 1.55. The largest absolute Gasteiger partial charge is 0.376 e. The molecule has 1 aliphatic heterocycles. The van der Waals surface area contributed by atoms with Gasteiger partial charge in [0, 0.05) is 29.4 Å². The molecule has 3 aromatic rings. The van der Waals surface area contributed by atoms with Gasteiger partial charge in [0.2, 0.25) is 0 Å². The molecule has 1 heterocycles. The van der Waals surface area contributed by atoms with Gasteiger partial charge < -0.3 is 5.32 Å². The molecule has 0 saturated heterocycles. The van der Waals surface area contributed by atoms with Crippen LogP contribution in [0.5, 0.6) is 0 Å². The molecule has 0 unspecified atom stereocenters. The van der Waals surface area contributed by atoms with Crippen molar-refractivity contribution in [2.45, 2.75) is 33.9 Å². The zero-order valence-electron chi connectivity index (χ0n) is 17.6. The lowest BCUT2D eigenvalue weighted by atomic mass is 9.77. The smallest absolute Gasteiger partial charge is 0.282 e. The van der Waals surface area contributed by atoms with E-state index in [1.54, 1.807) is 36.4 Å². The van der Waals surface area contributed by atoms with E-state index >= 15 is 0 Å². The Morgan fingerprint density at radius 3 is 2.50 bits per heavy atom. The summed E-state index contributed by atoms with van der Waals surface area (Å²) in [5.74, 6) is -0.0445. The number of alkyl halides is 1. The first-order chi connectivity index (χ1) is 16.3. The molecule has 5 rings (SSSR count). The molecule has 1 aliphatic carbocycles. The summed E-state index contributed by atoms with van der Waals surface area (Å²) in [6, 6.07) is 18.7. The Labute approximate surface area is 209 Å². The van der Waals surface area contributed by atoms with Crippen LogP contribution in [-0.4, -0.2) is 20.5 Å². The van der Waals surface area contributed by atoms with E-state index in [0.29, 0.717) is 16.3 Å². The lowest BCUT2D eigenvalue weighted by molar-refractivity contribution is -0.387. The Hall–Kier alpha value is -2.81. The number of benzene rings is 3. The molecule has 0 spiro atoms. The van der Waals surface area contributed by atoms with Crippen molar-refractivity contribution in [1.29, 1.82) is 0 Å². The molecule has 0 bridgehead atoms. The van der Waals surface area contributed by atoms with Crippen LogP contribution in [0.4, 0.5) is 17.1 Å². The van der Waals surface area contributed by atoms with Crippen LogP contribution in [-0.2, 0) is 0 Å². The third-order valence-corrected chi connectivity index (χ3v) is 9.00. The topological polar surface area (TPSA) is 98.3 Å². The molecule has 1 fully saturated rings. The van der Waals surface area contributed by atoms with E-state index < -0.39 is 4.92 Å². The van der Waals surface area contributed by atoms with E-state index in [0.717, 1.165) is 16.8 Å². The summed E-state index contributed by atoms with van der Waals surface area (Å²) >= 11 is 15.0. The second kappa shape index (κ2) is 9.09. The number of hydrogen-bond donors (Lipinski definition) is 1. The van der Waals surface area contributed by atoms with Gasteiger partial charge in [-0.1, -0.05) is 48.0 Å². The van der Waals surface area contributed by atoms with E-state index in [1.807, 2.05) is 18.2 Å². The zero-order valence-corrected chi connectivity index (χ0v) is 20.0. The summed E-state index contributed by atoms with van der Waals surface area (Å²) in [4.78, 5) is 22.7. The second-order valence-corrected chi connectivity index (χ2v) is 10.6. The highest BCUT2D eigenvalue weighted by Gasteiger charge is 2.50. The van der Waals surface area contributed by atoms with Crippen molar-refractivity contribution in [3.63, 3.8) is 0 Å². The molecule has 10 heteroatoms. The van der Waals surface area contributed by atoms with E-state index in [4.69, 9.17) is 23.2 Å². The fraction of sp³-hybridized carbons (Fsp3) is 0.250. The minimum atomic E-state index is -0.406. The third-order valence-electron chi connectivity index (χ3n) is 6.58. The first-order valence-electron chi connectivity index (χ1n) is 10.7. The molecule has 1 N–H and O–H groups in total. The van der Waals surface area contributed by atoms with Gasteiger partial charge in [-0.3, -0.25) is 20.2 Å². The van der Waals surface area contributed by atoms with Crippen LogP contribution in [0.15, 0.2) is 71.6 Å². The Morgan fingerprint density at radius 1 is 0.971 bits per heavy atom. The lowest BCUT2D eigenvalue weighted by Gasteiger charge is -2.38. The number of thioether (sulfide) groups is 1. The first-order valence-corrected chi connectivity index (χ1v) is 12.4. The Morgan fingerprint density at radius 2 is 1.74 bits per heavy atom. The number of nitrogens with zero attached hydrogens (tertiary/aromatic N) is 2. The summed E-state index contributed by atoms with van der Waals surface area (Å²) in [5, 5.41) is 26.6. The number of rotatable bonds is 5. The molecular weight excluding hydrogens is 497 g/mol. The zero-order chi connectivity index (χ0) is 24.0. The van der Waals surface area contributed by atoms with Crippen molar-refractivity contribution in [3.05, 3.63) is 103 Å². The van der Waals surface area contributed by atoms with Crippen molar-refractivity contribution in [2.24, 2.45) is 5.92 Å². The minimum absolute atomic E-state index is 0.0204. The summed E-state index contributed by atoms with van der Waals surface area (Å²) < 4.78 is 0. The predicted octanol–water partition coefficient (Wildman–Crippen LogP) is 7.20. The van der Waals surface area contributed by atoms with Crippen LogP contribution in [0.2, 0.25) is 5.02 Å². The number of anilines is 1. The number of para-hydroxylation sites is 2. The molecule has 3 aromatic carbocycles. The first kappa shape index (κ1) is 23.0. The maximum absolute atomic E-state index is 11.5. The molecule has 0 radical (unpaired) electrons. The van der Waals surface area contributed by atoms with Crippen LogP contribution < -0.4 is 5.32 Å². The van der Waals surface area contributed by atoms with E-state index in [1.165, 1.54) is 23.9 Å². The predicted molar refractivity (Wildman–Crippen MR) is 134 cm³/mol. The van der Waals surface area contributed by atoms with Crippen molar-refractivity contribution >= 4 is 52.0 Å². The minimum Gasteiger partial charge on any atom is -0.376 e. The van der Waals surface area contributed by atoms with Gasteiger partial charge in [-0.2, -0.15) is 0 Å². The standard InChI is InChI=1S/C24H19Cl2N3O4S/c25-17-8-4-7-15-21-16(23(27-24(15)17)13-5-3-6-14(11-13)28(30)31)12-20(22(21)26)34-19-10-2-1-9-18(19)29(32)33/h1-11,16,20-23,27H,12H2/t16-,20+,21+,22-,23+/m1/s1. The molecule has 0 aromatic heterocycles. The lowest BCUT2D eigenvalue weighted by Crippen LogP contribution is -2.31. The van der Waals surface area contributed by atoms with Gasteiger partial charge in [0.15, 0.2) is 0 Å². The van der Waals surface area contributed by atoms with Gasteiger partial charge in [-0.05, 0) is 35.6 Å². The summed E-state index contributed by atoms with van der Waals surface area (Å²) in [6.45, 7) is 0. The number of halogens is 2. The molecule has 5 atom stereocenters. The molecule has 34 heavy (non-hydrogen) atoms. The van der Waals surface area contributed by atoms with E-state index in [2.05, 4.69) is 5.32 Å². The van der Waals surface area contributed by atoms with Crippen LogP contribution in [0.1, 0.15) is 29.5 Å². The molecule has 1 saturated carbocycles. The number of fused-ring (bicyclic) bond motifs is 3. The van der Waals surface area contributed by atoms with Gasteiger partial charge >= 0.3 is 0 Å². The number of nitro benzene ring substituents is 2. The third kappa shape index (κ3) is 4.00. The average Bonchev–Trinajstić information content (AvgIpc) is 3.15. The number of nitro groups is 2. The molecule has 7 nitrogen and oxygen atoms in total. The van der Waals surface area contributed by atoms with Crippen LogP contribution in [0.25, 0.3) is 0 Å². The molecule has 0 amide bonds. The van der Waals surface area contributed by atoms with Gasteiger partial charge in [0.1, 0.15) is 0 Å². The van der Waals surface area contributed by atoms with E-state index in [9.17, 15) is 20.2 Å². The quantitative estimate of drug-likeness (QED) is 0.219. The maximum atomic E-state index is 11.5. The van der Waals surface area contributed by atoms with Crippen molar-refractivity contribution in [3.8, 4) is 0 Å². The van der Waals surface area contributed by atoms with Crippen molar-refractivity contribution in [1.82, 2.24) is 0 Å². The number of hydrogen-bond acceptors (Lipinski definition) is 6. The van der Waals surface area contributed by atoms with Crippen LogP contribution >= 0.6 is 35.0 Å². The van der Waals surface area contributed by atoms with Crippen molar-refractivity contribution in [2.75, 3.05) is 5.32 Å². The highest BCUT2D eigenvalue weighted by Crippen LogP contribution is 2.59. The Kier molecular flexibility index (Phi) is 6.14. The highest BCUT2D eigenvalue weighted by atomic mass is 35.5. The normalized spacial score (nSPS) is 25.2. The SMILES string of the molecule is O=[N+]([O-])c1cccc([C@@H]2Nc3c(Cl)cccc3[C@@H]3[C@H](Cl)[C@@H](Sc4ccccc4[N+](=O)[O-])C[C@H]32)c1. The van der Waals surface area contributed by atoms with Crippen LogP contribution in [0.3, 0.4) is 0 Å². The summed E-state index contributed by atoms with van der Waals surface area (Å²) in [7, 11) is 0. The van der Waals surface area contributed by atoms with Gasteiger partial charge in [-0.15, -0.1) is 23.4 Å². The number of non-ortho nitro benzene ring substituents is 1. The fourth-order valence-electron chi connectivity index (χ4n) is 5.14. The Bertz CT molecular complexity index is 1290. The average molecular weight is 516 g/mol.